The molecule has 0 bridgehead atoms. The Balaban J connectivity index is 1.38. The Bertz CT molecular complexity index is 590. The van der Waals surface area contributed by atoms with E-state index in [9.17, 15) is 4.79 Å². The summed E-state index contributed by atoms with van der Waals surface area (Å²) < 4.78 is 0. The Morgan fingerprint density at radius 2 is 1.76 bits per heavy atom. The Labute approximate surface area is 155 Å². The maximum Gasteiger partial charge on any atom is 0.238 e. The van der Waals surface area contributed by atoms with E-state index in [2.05, 4.69) is 20.4 Å². The number of hydrogen-bond donors (Lipinski definition) is 2. The molecule has 0 spiro atoms. The molecule has 0 aromatic heterocycles. The predicted molar refractivity (Wildman–Crippen MR) is 106 cm³/mol. The summed E-state index contributed by atoms with van der Waals surface area (Å²) in [5.74, 6) is 0.0453. The van der Waals surface area contributed by atoms with Crippen molar-refractivity contribution in [3.05, 3.63) is 29.8 Å². The molecular formula is C19H28N4OS. The minimum atomic E-state index is 0.0453. The number of rotatable bonds is 4. The molecule has 0 atom stereocenters. The van der Waals surface area contributed by atoms with E-state index in [0.717, 1.165) is 37.0 Å². The van der Waals surface area contributed by atoms with Gasteiger partial charge < -0.3 is 15.5 Å². The third kappa shape index (κ3) is 5.41. The fourth-order valence-corrected chi connectivity index (χ4v) is 3.83. The normalized spacial score (nSPS) is 19.0. The molecule has 1 heterocycles. The average molecular weight is 361 g/mol. The molecule has 2 fully saturated rings. The molecule has 136 valence electrons. The lowest BCUT2D eigenvalue weighted by Crippen LogP contribution is -2.54. The zero-order chi connectivity index (χ0) is 17.6. The minimum Gasteiger partial charge on any atom is -0.360 e. The second kappa shape index (κ2) is 8.63. The fourth-order valence-electron chi connectivity index (χ4n) is 3.49. The lowest BCUT2D eigenvalue weighted by atomic mass is 10.2. The highest BCUT2D eigenvalue weighted by atomic mass is 32.1. The number of hydrogen-bond acceptors (Lipinski definition) is 3. The van der Waals surface area contributed by atoms with E-state index in [0.29, 0.717) is 12.6 Å². The molecule has 0 unspecified atom stereocenters. The van der Waals surface area contributed by atoms with Gasteiger partial charge in [-0.05, 0) is 44.1 Å². The summed E-state index contributed by atoms with van der Waals surface area (Å²) in [7, 11) is 0. The van der Waals surface area contributed by atoms with Gasteiger partial charge >= 0.3 is 0 Å². The topological polar surface area (TPSA) is 47.6 Å². The Hall–Kier alpha value is -1.66. The molecule has 3 rings (SSSR count). The van der Waals surface area contributed by atoms with Gasteiger partial charge in [-0.1, -0.05) is 30.5 Å². The van der Waals surface area contributed by atoms with Crippen LogP contribution in [-0.4, -0.2) is 59.6 Å². The van der Waals surface area contributed by atoms with Gasteiger partial charge in [0.05, 0.1) is 6.54 Å². The lowest BCUT2D eigenvalue weighted by molar-refractivity contribution is -0.117. The Morgan fingerprint density at radius 1 is 1.12 bits per heavy atom. The summed E-state index contributed by atoms with van der Waals surface area (Å²) in [6, 6.07) is 8.46. The predicted octanol–water partition coefficient (Wildman–Crippen LogP) is 2.37. The molecule has 1 aliphatic carbocycles. The molecule has 0 radical (unpaired) electrons. The first-order chi connectivity index (χ1) is 12.1. The highest BCUT2D eigenvalue weighted by Crippen LogP contribution is 2.18. The van der Waals surface area contributed by atoms with E-state index in [1.54, 1.807) is 0 Å². The van der Waals surface area contributed by atoms with Crippen LogP contribution in [0.25, 0.3) is 0 Å². The van der Waals surface area contributed by atoms with Crippen LogP contribution in [0, 0.1) is 6.92 Å². The van der Waals surface area contributed by atoms with Gasteiger partial charge in [0.25, 0.3) is 0 Å². The first-order valence-electron chi connectivity index (χ1n) is 9.24. The minimum absolute atomic E-state index is 0.0453. The van der Waals surface area contributed by atoms with Crippen LogP contribution in [0.3, 0.4) is 0 Å². The number of carbonyl (C=O) groups is 1. The second-order valence-corrected chi connectivity index (χ2v) is 7.49. The maximum absolute atomic E-state index is 12.2. The van der Waals surface area contributed by atoms with E-state index in [1.165, 1.54) is 31.2 Å². The smallest absolute Gasteiger partial charge is 0.238 e. The van der Waals surface area contributed by atoms with Crippen molar-refractivity contribution in [2.24, 2.45) is 0 Å². The quantitative estimate of drug-likeness (QED) is 0.808. The van der Waals surface area contributed by atoms with E-state index < -0.39 is 0 Å². The molecule has 2 N–H and O–H groups in total. The molecule has 1 aromatic carbocycles. The molecule has 5 nitrogen and oxygen atoms in total. The number of amides is 1. The highest BCUT2D eigenvalue weighted by molar-refractivity contribution is 7.80. The van der Waals surface area contributed by atoms with Crippen molar-refractivity contribution in [2.45, 2.75) is 38.6 Å². The van der Waals surface area contributed by atoms with Crippen molar-refractivity contribution in [2.75, 3.05) is 38.0 Å². The van der Waals surface area contributed by atoms with Crippen LogP contribution in [0.1, 0.15) is 31.2 Å². The third-order valence-electron chi connectivity index (χ3n) is 5.04. The lowest BCUT2D eigenvalue weighted by Gasteiger charge is -2.36. The van der Waals surface area contributed by atoms with E-state index in [4.69, 9.17) is 12.2 Å². The van der Waals surface area contributed by atoms with Crippen LogP contribution in [0.4, 0.5) is 5.69 Å². The van der Waals surface area contributed by atoms with Gasteiger partial charge in [-0.2, -0.15) is 0 Å². The number of thiocarbonyl (C=S) groups is 1. The number of anilines is 1. The van der Waals surface area contributed by atoms with Crippen LogP contribution in [-0.2, 0) is 4.79 Å². The Morgan fingerprint density at radius 3 is 2.40 bits per heavy atom. The standard InChI is InChI=1S/C19H28N4OS/c1-15-6-8-17(9-7-15)20-18(24)14-22-10-12-23(13-11-22)19(25)21-16-4-2-3-5-16/h6-9,16H,2-5,10-14H2,1H3,(H,20,24)(H,21,25). The maximum atomic E-state index is 12.2. The van der Waals surface area contributed by atoms with Gasteiger partial charge in [-0.15, -0.1) is 0 Å². The SMILES string of the molecule is Cc1ccc(NC(=O)CN2CCN(C(=S)NC3CCCC3)CC2)cc1. The zero-order valence-corrected chi connectivity index (χ0v) is 15.8. The summed E-state index contributed by atoms with van der Waals surface area (Å²) in [5.41, 5.74) is 2.05. The largest absolute Gasteiger partial charge is 0.360 e. The number of benzene rings is 1. The number of carbonyl (C=O) groups excluding carboxylic acids is 1. The van der Waals surface area contributed by atoms with Crippen LogP contribution in [0.2, 0.25) is 0 Å². The van der Waals surface area contributed by atoms with Crippen molar-refractivity contribution in [1.82, 2.24) is 15.1 Å². The van der Waals surface area contributed by atoms with Gasteiger partial charge in [-0.3, -0.25) is 9.69 Å². The summed E-state index contributed by atoms with van der Waals surface area (Å²) in [5, 5.41) is 7.35. The summed E-state index contributed by atoms with van der Waals surface area (Å²) in [6.07, 6.45) is 5.09. The monoisotopic (exact) mass is 360 g/mol. The van der Waals surface area contributed by atoms with Crippen molar-refractivity contribution < 1.29 is 4.79 Å². The van der Waals surface area contributed by atoms with Crippen LogP contribution < -0.4 is 10.6 Å². The zero-order valence-electron chi connectivity index (χ0n) is 15.0. The molecule has 1 amide bonds. The van der Waals surface area contributed by atoms with Crippen molar-refractivity contribution >= 4 is 28.9 Å². The van der Waals surface area contributed by atoms with Crippen molar-refractivity contribution in [3.63, 3.8) is 0 Å². The molecular weight excluding hydrogens is 332 g/mol. The van der Waals surface area contributed by atoms with E-state index >= 15 is 0 Å². The van der Waals surface area contributed by atoms with Gasteiger partial charge in [0.15, 0.2) is 5.11 Å². The average Bonchev–Trinajstić information content (AvgIpc) is 3.10. The number of aryl methyl sites for hydroxylation is 1. The number of nitrogens with one attached hydrogen (secondary N) is 2. The molecule has 2 aliphatic rings. The molecule has 1 aromatic rings. The molecule has 1 aliphatic heterocycles. The first kappa shape index (κ1) is 18.1. The van der Waals surface area contributed by atoms with Gasteiger partial charge in [0.1, 0.15) is 0 Å². The number of nitrogens with zero attached hydrogens (tertiary/aromatic N) is 2. The summed E-state index contributed by atoms with van der Waals surface area (Å²) in [6.45, 7) is 5.98. The first-order valence-corrected chi connectivity index (χ1v) is 9.65. The number of piperazine rings is 1. The Kier molecular flexibility index (Phi) is 6.26. The van der Waals surface area contributed by atoms with Crippen LogP contribution >= 0.6 is 12.2 Å². The van der Waals surface area contributed by atoms with Crippen molar-refractivity contribution in [1.29, 1.82) is 0 Å². The van der Waals surface area contributed by atoms with Gasteiger partial charge in [0.2, 0.25) is 5.91 Å². The fraction of sp³-hybridized carbons (Fsp3) is 0.579. The molecule has 25 heavy (non-hydrogen) atoms. The van der Waals surface area contributed by atoms with Crippen LogP contribution in [0.15, 0.2) is 24.3 Å². The third-order valence-corrected chi connectivity index (χ3v) is 5.42. The molecule has 6 heteroatoms. The molecule has 1 saturated carbocycles. The second-order valence-electron chi connectivity index (χ2n) is 7.11. The van der Waals surface area contributed by atoms with Crippen molar-refractivity contribution in [3.8, 4) is 0 Å². The summed E-state index contributed by atoms with van der Waals surface area (Å²) in [4.78, 5) is 16.6. The van der Waals surface area contributed by atoms with E-state index in [-0.39, 0.29) is 5.91 Å². The summed E-state index contributed by atoms with van der Waals surface area (Å²) >= 11 is 5.55. The molecule has 1 saturated heterocycles. The van der Waals surface area contributed by atoms with E-state index in [1.807, 2.05) is 31.2 Å². The van der Waals surface area contributed by atoms with Gasteiger partial charge in [0, 0.05) is 37.9 Å². The highest BCUT2D eigenvalue weighted by Gasteiger charge is 2.23. The van der Waals surface area contributed by atoms with Gasteiger partial charge in [-0.25, -0.2) is 0 Å². The van der Waals surface area contributed by atoms with Crippen LogP contribution in [0.5, 0.6) is 0 Å².